The molecule has 0 bridgehead atoms. The zero-order valence-corrected chi connectivity index (χ0v) is 15.8. The summed E-state index contributed by atoms with van der Waals surface area (Å²) < 4.78 is 8.11. The van der Waals surface area contributed by atoms with Crippen molar-refractivity contribution in [3.63, 3.8) is 0 Å². The largest absolute Gasteiger partial charge is 0.369 e. The number of aryl methyl sites for hydroxylation is 1. The Balaban J connectivity index is 1.52. The van der Waals surface area contributed by atoms with Crippen molar-refractivity contribution in [2.75, 3.05) is 6.61 Å². The van der Waals surface area contributed by atoms with Crippen molar-refractivity contribution >= 4 is 0 Å². The molecule has 2 aromatic carbocycles. The third-order valence-corrected chi connectivity index (χ3v) is 5.30. The second kappa shape index (κ2) is 8.51. The molecule has 1 fully saturated rings. The summed E-state index contributed by atoms with van der Waals surface area (Å²) in [6.45, 7) is 0.776. The molecular formula is C23H27N3O. The number of hydrogen-bond acceptors (Lipinski definition) is 3. The smallest absolute Gasteiger partial charge is 0.139 e. The Hall–Kier alpha value is -2.43. The topological polar surface area (TPSA) is 39.1 Å². The van der Waals surface area contributed by atoms with Crippen LogP contribution in [-0.2, 0) is 24.6 Å². The van der Waals surface area contributed by atoms with Crippen LogP contribution in [-0.4, -0.2) is 28.2 Å². The molecule has 3 aromatic rings. The van der Waals surface area contributed by atoms with E-state index in [0.29, 0.717) is 6.04 Å². The first kappa shape index (κ1) is 18.0. The van der Waals surface area contributed by atoms with E-state index >= 15 is 0 Å². The van der Waals surface area contributed by atoms with Crippen molar-refractivity contribution in [2.24, 2.45) is 7.05 Å². The minimum atomic E-state index is 0.0130. The summed E-state index contributed by atoms with van der Waals surface area (Å²) in [7, 11) is 2.03. The van der Waals surface area contributed by atoms with Gasteiger partial charge < -0.3 is 14.6 Å². The lowest BCUT2D eigenvalue weighted by molar-refractivity contribution is 0.0871. The average Bonchev–Trinajstić information content (AvgIpc) is 3.31. The summed E-state index contributed by atoms with van der Waals surface area (Å²) >= 11 is 0. The molecule has 0 radical (unpaired) electrons. The molecule has 140 valence electrons. The van der Waals surface area contributed by atoms with Gasteiger partial charge >= 0.3 is 0 Å². The zero-order chi connectivity index (χ0) is 18.5. The molecule has 0 saturated carbocycles. The van der Waals surface area contributed by atoms with Gasteiger partial charge in [-0.25, -0.2) is 4.98 Å². The highest BCUT2D eigenvalue weighted by Gasteiger charge is 2.33. The fourth-order valence-corrected chi connectivity index (χ4v) is 3.96. The number of hydrogen-bond donors (Lipinski definition) is 1. The van der Waals surface area contributed by atoms with Crippen LogP contribution in [0.2, 0.25) is 0 Å². The van der Waals surface area contributed by atoms with Crippen molar-refractivity contribution in [3.05, 3.63) is 90.0 Å². The predicted octanol–water partition coefficient (Wildman–Crippen LogP) is 3.69. The number of nitrogens with one attached hydrogen (secondary N) is 1. The van der Waals surface area contributed by atoms with Crippen molar-refractivity contribution in [2.45, 2.75) is 37.5 Å². The minimum Gasteiger partial charge on any atom is -0.369 e. The van der Waals surface area contributed by atoms with E-state index in [1.165, 1.54) is 11.1 Å². The Bertz CT molecular complexity index is 790. The molecular weight excluding hydrogens is 334 g/mol. The Morgan fingerprint density at radius 1 is 1.04 bits per heavy atom. The summed E-state index contributed by atoms with van der Waals surface area (Å²) in [6.07, 6.45) is 6.86. The molecule has 1 aromatic heterocycles. The first-order valence-electron chi connectivity index (χ1n) is 9.72. The fraction of sp³-hybridized carbons (Fsp3) is 0.348. The van der Waals surface area contributed by atoms with Gasteiger partial charge in [0.2, 0.25) is 0 Å². The van der Waals surface area contributed by atoms with Crippen LogP contribution in [0.3, 0.4) is 0 Å². The van der Waals surface area contributed by atoms with Crippen molar-refractivity contribution in [3.8, 4) is 0 Å². The molecule has 1 saturated heterocycles. The van der Waals surface area contributed by atoms with E-state index in [1.807, 2.05) is 19.4 Å². The number of ether oxygens (including phenoxy) is 1. The van der Waals surface area contributed by atoms with Gasteiger partial charge in [-0.05, 0) is 30.4 Å². The molecule has 0 spiro atoms. The summed E-state index contributed by atoms with van der Waals surface area (Å²) in [4.78, 5) is 4.52. The average molecular weight is 361 g/mol. The van der Waals surface area contributed by atoms with Crippen LogP contribution in [0.25, 0.3) is 0 Å². The lowest BCUT2D eigenvalue weighted by atomic mass is 9.97. The lowest BCUT2D eigenvalue weighted by Crippen LogP contribution is -2.43. The monoisotopic (exact) mass is 361 g/mol. The minimum absolute atomic E-state index is 0.0130. The quantitative estimate of drug-likeness (QED) is 0.697. The van der Waals surface area contributed by atoms with Crippen LogP contribution in [0, 0.1) is 0 Å². The van der Waals surface area contributed by atoms with Gasteiger partial charge in [0.1, 0.15) is 11.9 Å². The Morgan fingerprint density at radius 3 is 2.22 bits per heavy atom. The second-order valence-corrected chi connectivity index (χ2v) is 7.33. The molecule has 2 atom stereocenters. The van der Waals surface area contributed by atoms with E-state index < -0.39 is 0 Å². The van der Waals surface area contributed by atoms with Crippen molar-refractivity contribution in [1.82, 2.24) is 14.9 Å². The van der Waals surface area contributed by atoms with Crippen LogP contribution in [0.1, 0.15) is 29.5 Å². The molecule has 4 heteroatoms. The Morgan fingerprint density at radius 2 is 1.67 bits per heavy atom. The number of benzene rings is 2. The van der Waals surface area contributed by atoms with Crippen LogP contribution >= 0.6 is 0 Å². The third kappa shape index (κ3) is 4.46. The van der Waals surface area contributed by atoms with Crippen molar-refractivity contribution < 1.29 is 4.74 Å². The van der Waals surface area contributed by atoms with E-state index in [-0.39, 0.29) is 12.1 Å². The van der Waals surface area contributed by atoms with E-state index in [2.05, 4.69) is 75.5 Å². The Labute approximate surface area is 161 Å². The number of aromatic nitrogens is 2. The normalized spacial score (nSPS) is 19.6. The van der Waals surface area contributed by atoms with Gasteiger partial charge in [-0.3, -0.25) is 0 Å². The number of imidazole rings is 1. The molecule has 1 N–H and O–H groups in total. The molecule has 1 aliphatic heterocycles. The first-order chi connectivity index (χ1) is 13.3. The molecule has 27 heavy (non-hydrogen) atoms. The van der Waals surface area contributed by atoms with Gasteiger partial charge in [0.05, 0.1) is 0 Å². The maximum absolute atomic E-state index is 6.05. The van der Waals surface area contributed by atoms with Crippen molar-refractivity contribution in [1.29, 1.82) is 0 Å². The molecule has 0 amide bonds. The highest BCUT2D eigenvalue weighted by Crippen LogP contribution is 2.28. The summed E-state index contributed by atoms with van der Waals surface area (Å²) in [5.74, 6) is 1.00. The highest BCUT2D eigenvalue weighted by molar-refractivity contribution is 5.20. The van der Waals surface area contributed by atoms with Gasteiger partial charge in [0, 0.05) is 38.1 Å². The first-order valence-corrected chi connectivity index (χ1v) is 9.72. The summed E-state index contributed by atoms with van der Waals surface area (Å²) in [6, 6.07) is 22.1. The summed E-state index contributed by atoms with van der Waals surface area (Å²) in [5.41, 5.74) is 2.72. The predicted molar refractivity (Wildman–Crippen MR) is 108 cm³/mol. The van der Waals surface area contributed by atoms with E-state index in [0.717, 1.165) is 31.7 Å². The highest BCUT2D eigenvalue weighted by atomic mass is 16.5. The fourth-order valence-electron chi connectivity index (χ4n) is 3.96. The van der Waals surface area contributed by atoms with Gasteiger partial charge in [-0.1, -0.05) is 60.7 Å². The van der Waals surface area contributed by atoms with Crippen LogP contribution < -0.4 is 5.32 Å². The summed E-state index contributed by atoms with van der Waals surface area (Å²) in [5, 5.41) is 3.90. The Kier molecular flexibility index (Phi) is 5.66. The molecule has 1 aliphatic rings. The van der Waals surface area contributed by atoms with Crippen LogP contribution in [0.4, 0.5) is 0 Å². The van der Waals surface area contributed by atoms with E-state index in [9.17, 15) is 0 Å². The van der Waals surface area contributed by atoms with Crippen LogP contribution in [0.15, 0.2) is 73.1 Å². The van der Waals surface area contributed by atoms with Gasteiger partial charge in [0.15, 0.2) is 0 Å². The molecule has 2 heterocycles. The second-order valence-electron chi connectivity index (χ2n) is 7.33. The van der Waals surface area contributed by atoms with Crippen LogP contribution in [0.5, 0.6) is 0 Å². The number of rotatable bonds is 7. The third-order valence-electron chi connectivity index (χ3n) is 5.30. The van der Waals surface area contributed by atoms with Gasteiger partial charge in [0.25, 0.3) is 0 Å². The number of nitrogens with zero attached hydrogens (tertiary/aromatic N) is 2. The molecule has 0 aliphatic carbocycles. The van der Waals surface area contributed by atoms with Gasteiger partial charge in [-0.2, -0.15) is 0 Å². The molecule has 4 rings (SSSR count). The maximum atomic E-state index is 6.05. The van der Waals surface area contributed by atoms with Gasteiger partial charge in [-0.15, -0.1) is 0 Å². The molecule has 4 nitrogen and oxygen atoms in total. The zero-order valence-electron chi connectivity index (χ0n) is 15.8. The SMILES string of the molecule is Cn1ccnc1[C@H]1OCC[C@@H]1NC(Cc1ccccc1)Cc1ccccc1. The van der Waals surface area contributed by atoms with E-state index in [4.69, 9.17) is 4.74 Å². The maximum Gasteiger partial charge on any atom is 0.139 e. The standard InChI is InChI=1S/C23H27N3O/c1-26-14-13-24-23(26)22-21(12-15-27-22)25-20(16-18-8-4-2-5-9-18)17-19-10-6-3-7-11-19/h2-11,13-14,20-22,25H,12,15-17H2,1H3/t21-,22-/m0/s1. The molecule has 0 unspecified atom stereocenters. The lowest BCUT2D eigenvalue weighted by Gasteiger charge is -2.26. The van der Waals surface area contributed by atoms with E-state index in [1.54, 1.807) is 0 Å².